The zero-order valence-corrected chi connectivity index (χ0v) is 9.04. The summed E-state index contributed by atoms with van der Waals surface area (Å²) in [6.07, 6.45) is 0. The van der Waals surface area contributed by atoms with Crippen LogP contribution in [0.5, 0.6) is 5.75 Å². The first-order chi connectivity index (χ1) is 7.63. The highest BCUT2D eigenvalue weighted by atomic mass is 19.1. The number of H-pyrrole nitrogens is 1. The summed E-state index contributed by atoms with van der Waals surface area (Å²) in [6, 6.07) is 4.63. The number of nitrogen functional groups attached to an aromatic ring is 1. The van der Waals surface area contributed by atoms with E-state index >= 15 is 0 Å². The second kappa shape index (κ2) is 3.84. The molecule has 2 rings (SSSR count). The minimum Gasteiger partial charge on any atom is -0.496 e. The van der Waals surface area contributed by atoms with Gasteiger partial charge in [-0.3, -0.25) is 5.10 Å². The van der Waals surface area contributed by atoms with E-state index in [0.29, 0.717) is 22.8 Å². The van der Waals surface area contributed by atoms with Crippen molar-refractivity contribution >= 4 is 5.82 Å². The minimum atomic E-state index is -0.369. The second-order valence-electron chi connectivity index (χ2n) is 3.48. The van der Waals surface area contributed by atoms with E-state index in [0.717, 1.165) is 5.56 Å². The summed E-state index contributed by atoms with van der Waals surface area (Å²) in [7, 11) is 1.50. The highest BCUT2D eigenvalue weighted by Crippen LogP contribution is 2.34. The van der Waals surface area contributed by atoms with Crippen molar-refractivity contribution < 1.29 is 9.13 Å². The zero-order chi connectivity index (χ0) is 11.7. The summed E-state index contributed by atoms with van der Waals surface area (Å²) in [5.41, 5.74) is 7.21. The number of nitrogens with zero attached hydrogens (tertiary/aromatic N) is 1. The largest absolute Gasteiger partial charge is 0.496 e. The Bertz CT molecular complexity index is 522. The molecule has 0 spiro atoms. The second-order valence-corrected chi connectivity index (χ2v) is 3.48. The number of halogens is 1. The Morgan fingerprint density at radius 3 is 2.75 bits per heavy atom. The van der Waals surface area contributed by atoms with Crippen LogP contribution in [0.3, 0.4) is 0 Å². The molecule has 0 aliphatic rings. The molecule has 1 heterocycles. The summed E-state index contributed by atoms with van der Waals surface area (Å²) < 4.78 is 18.9. The van der Waals surface area contributed by atoms with Gasteiger partial charge < -0.3 is 10.5 Å². The van der Waals surface area contributed by atoms with Crippen molar-refractivity contribution in [2.75, 3.05) is 12.8 Å². The van der Waals surface area contributed by atoms with Crippen LogP contribution in [0, 0.1) is 12.7 Å². The number of hydrogen-bond acceptors (Lipinski definition) is 3. The molecular formula is C11H12FN3O. The van der Waals surface area contributed by atoms with Gasteiger partial charge in [-0.1, -0.05) is 6.07 Å². The summed E-state index contributed by atoms with van der Waals surface area (Å²) in [5.74, 6) is 0.438. The van der Waals surface area contributed by atoms with E-state index < -0.39 is 0 Å². The minimum absolute atomic E-state index is 0.318. The van der Waals surface area contributed by atoms with Gasteiger partial charge in [-0.05, 0) is 18.6 Å². The van der Waals surface area contributed by atoms with Gasteiger partial charge in [0.2, 0.25) is 0 Å². The average Bonchev–Trinajstić information content (AvgIpc) is 2.67. The van der Waals surface area contributed by atoms with Crippen LogP contribution in [-0.2, 0) is 0 Å². The molecule has 0 fully saturated rings. The van der Waals surface area contributed by atoms with Crippen LogP contribution in [0.2, 0.25) is 0 Å². The van der Waals surface area contributed by atoms with E-state index in [4.69, 9.17) is 10.5 Å². The fourth-order valence-electron chi connectivity index (χ4n) is 1.64. The summed E-state index contributed by atoms with van der Waals surface area (Å²) in [6.45, 7) is 1.85. The van der Waals surface area contributed by atoms with Gasteiger partial charge in [0.15, 0.2) is 0 Å². The van der Waals surface area contributed by atoms with Gasteiger partial charge in [0.05, 0.1) is 18.4 Å². The fourth-order valence-corrected chi connectivity index (χ4v) is 1.64. The summed E-state index contributed by atoms with van der Waals surface area (Å²) in [5, 5.41) is 6.44. The van der Waals surface area contributed by atoms with Gasteiger partial charge in [-0.25, -0.2) is 4.39 Å². The molecule has 16 heavy (non-hydrogen) atoms. The molecule has 5 heteroatoms. The number of hydrogen-bond donors (Lipinski definition) is 2. The maximum absolute atomic E-state index is 13.7. The quantitative estimate of drug-likeness (QED) is 0.816. The molecule has 0 amide bonds. The maximum Gasteiger partial charge on any atom is 0.145 e. The van der Waals surface area contributed by atoms with Crippen LogP contribution >= 0.6 is 0 Å². The van der Waals surface area contributed by atoms with Crippen molar-refractivity contribution in [2.45, 2.75) is 6.92 Å². The van der Waals surface area contributed by atoms with Crippen LogP contribution in [0.15, 0.2) is 18.2 Å². The van der Waals surface area contributed by atoms with E-state index in [2.05, 4.69) is 10.2 Å². The molecule has 0 aliphatic carbocycles. The molecule has 1 aromatic carbocycles. The third-order valence-electron chi connectivity index (χ3n) is 2.37. The van der Waals surface area contributed by atoms with E-state index in [1.54, 1.807) is 12.1 Å². The topological polar surface area (TPSA) is 63.9 Å². The lowest BCUT2D eigenvalue weighted by atomic mass is 10.1. The van der Waals surface area contributed by atoms with Gasteiger partial charge in [-0.2, -0.15) is 5.10 Å². The number of methoxy groups -OCH3 is 1. The molecule has 0 saturated carbocycles. The van der Waals surface area contributed by atoms with Crippen molar-refractivity contribution in [2.24, 2.45) is 0 Å². The molecule has 1 aromatic heterocycles. The number of aromatic nitrogens is 2. The maximum atomic E-state index is 13.7. The Morgan fingerprint density at radius 1 is 1.44 bits per heavy atom. The Balaban J connectivity index is 2.67. The Morgan fingerprint density at radius 2 is 2.19 bits per heavy atom. The number of nitrogens with two attached hydrogens (primary N) is 1. The van der Waals surface area contributed by atoms with E-state index in [1.807, 2.05) is 6.92 Å². The Hall–Kier alpha value is -2.04. The fraction of sp³-hybridized carbons (Fsp3) is 0.182. The predicted octanol–water partition coefficient (Wildman–Crippen LogP) is 2.12. The third-order valence-corrected chi connectivity index (χ3v) is 2.37. The first kappa shape index (κ1) is 10.5. The number of aryl methyl sites for hydroxylation is 1. The summed E-state index contributed by atoms with van der Waals surface area (Å²) >= 11 is 0. The van der Waals surface area contributed by atoms with Gasteiger partial charge in [-0.15, -0.1) is 0 Å². The van der Waals surface area contributed by atoms with Gasteiger partial charge in [0.1, 0.15) is 17.4 Å². The van der Waals surface area contributed by atoms with Crippen LogP contribution < -0.4 is 10.5 Å². The third kappa shape index (κ3) is 1.60. The number of ether oxygens (including phenoxy) is 1. The predicted molar refractivity (Wildman–Crippen MR) is 59.7 cm³/mol. The molecular weight excluding hydrogens is 209 g/mol. The van der Waals surface area contributed by atoms with Gasteiger partial charge in [0, 0.05) is 6.07 Å². The van der Waals surface area contributed by atoms with E-state index in [1.165, 1.54) is 13.2 Å². The standard InChI is InChI=1S/C11H12FN3O/c1-6-3-4-7(12)10(11(6)16-2)8-5-9(13)15-14-8/h3-5H,1-2H3,(H3,13,14,15). The van der Waals surface area contributed by atoms with Gasteiger partial charge >= 0.3 is 0 Å². The van der Waals surface area contributed by atoms with Crippen molar-refractivity contribution in [3.05, 3.63) is 29.6 Å². The van der Waals surface area contributed by atoms with Crippen LogP contribution in [0.25, 0.3) is 11.3 Å². The molecule has 0 unspecified atom stereocenters. The van der Waals surface area contributed by atoms with Crippen molar-refractivity contribution in [1.29, 1.82) is 0 Å². The number of benzene rings is 1. The van der Waals surface area contributed by atoms with Crippen LogP contribution in [0.1, 0.15) is 5.56 Å². The molecule has 0 aliphatic heterocycles. The van der Waals surface area contributed by atoms with Crippen molar-refractivity contribution in [3.8, 4) is 17.0 Å². The highest BCUT2D eigenvalue weighted by molar-refractivity contribution is 5.71. The molecule has 0 saturated heterocycles. The van der Waals surface area contributed by atoms with Crippen molar-refractivity contribution in [1.82, 2.24) is 10.2 Å². The van der Waals surface area contributed by atoms with Crippen LogP contribution in [0.4, 0.5) is 10.2 Å². The molecule has 3 N–H and O–H groups in total. The average molecular weight is 221 g/mol. The lowest BCUT2D eigenvalue weighted by Gasteiger charge is -2.10. The van der Waals surface area contributed by atoms with E-state index in [-0.39, 0.29) is 5.82 Å². The summed E-state index contributed by atoms with van der Waals surface area (Å²) in [4.78, 5) is 0. The lowest BCUT2D eigenvalue weighted by Crippen LogP contribution is -1.95. The van der Waals surface area contributed by atoms with Crippen molar-refractivity contribution in [3.63, 3.8) is 0 Å². The Labute approximate surface area is 92.2 Å². The molecule has 2 aromatic rings. The lowest BCUT2D eigenvalue weighted by molar-refractivity contribution is 0.410. The zero-order valence-electron chi connectivity index (χ0n) is 9.04. The monoisotopic (exact) mass is 221 g/mol. The first-order valence-corrected chi connectivity index (χ1v) is 4.78. The highest BCUT2D eigenvalue weighted by Gasteiger charge is 2.15. The first-order valence-electron chi connectivity index (χ1n) is 4.78. The Kier molecular flexibility index (Phi) is 2.52. The number of nitrogens with one attached hydrogen (secondary N) is 1. The van der Waals surface area contributed by atoms with E-state index in [9.17, 15) is 4.39 Å². The SMILES string of the molecule is COc1c(C)ccc(F)c1-c1cc(N)n[nH]1. The molecule has 0 atom stereocenters. The molecule has 0 bridgehead atoms. The number of aromatic amines is 1. The number of anilines is 1. The molecule has 4 nitrogen and oxygen atoms in total. The molecule has 84 valence electrons. The molecule has 0 radical (unpaired) electrons. The normalized spacial score (nSPS) is 10.4. The number of rotatable bonds is 2. The smallest absolute Gasteiger partial charge is 0.145 e. The van der Waals surface area contributed by atoms with Crippen LogP contribution in [-0.4, -0.2) is 17.3 Å². The van der Waals surface area contributed by atoms with Gasteiger partial charge in [0.25, 0.3) is 0 Å².